The fourth-order valence-corrected chi connectivity index (χ4v) is 2.49. The molecule has 2 aromatic rings. The van der Waals surface area contributed by atoms with Crippen LogP contribution >= 0.6 is 24.8 Å². The second kappa shape index (κ2) is 13.2. The number of hydrogen-bond donors (Lipinski definition) is 3. The Hall–Kier alpha value is -2.12. The van der Waals surface area contributed by atoms with Crippen molar-refractivity contribution >= 4 is 36.6 Å². The predicted octanol–water partition coefficient (Wildman–Crippen LogP) is 2.45. The molecule has 1 atom stereocenters. The first kappa shape index (κ1) is 26.9. The summed E-state index contributed by atoms with van der Waals surface area (Å²) in [6.07, 6.45) is 0. The fourth-order valence-electron chi connectivity index (χ4n) is 2.49. The van der Waals surface area contributed by atoms with Crippen molar-refractivity contribution in [2.75, 3.05) is 27.2 Å². The molecule has 0 bridgehead atoms. The average Bonchev–Trinajstić information content (AvgIpc) is 2.66. The molecule has 29 heavy (non-hydrogen) atoms. The summed E-state index contributed by atoms with van der Waals surface area (Å²) >= 11 is 0. The van der Waals surface area contributed by atoms with E-state index in [1.54, 1.807) is 12.1 Å². The fraction of sp³-hybridized carbons (Fsp3) is 0.333. The third-order valence-electron chi connectivity index (χ3n) is 4.25. The van der Waals surface area contributed by atoms with Crippen LogP contribution in [0.1, 0.15) is 33.1 Å². The Morgan fingerprint density at radius 2 is 1.55 bits per heavy atom. The number of nitrogens with zero attached hydrogens (tertiary/aromatic N) is 1. The molecule has 2 aromatic carbocycles. The number of benzene rings is 2. The highest BCUT2D eigenvalue weighted by Gasteiger charge is 2.15. The monoisotopic (exact) mass is 440 g/mol. The molecule has 0 saturated carbocycles. The van der Waals surface area contributed by atoms with Crippen LogP contribution in [0.5, 0.6) is 0 Å². The predicted molar refractivity (Wildman–Crippen MR) is 122 cm³/mol. The number of likely N-dealkylation sites (N-methyl/N-ethyl adjacent to an activating group) is 1. The van der Waals surface area contributed by atoms with E-state index in [0.29, 0.717) is 18.7 Å². The molecule has 1 unspecified atom stereocenters. The van der Waals surface area contributed by atoms with Gasteiger partial charge in [0.25, 0.3) is 5.91 Å². The summed E-state index contributed by atoms with van der Waals surface area (Å²) in [7, 11) is 3.92. The van der Waals surface area contributed by atoms with Crippen LogP contribution in [0, 0.1) is 6.92 Å². The molecule has 0 aromatic heterocycles. The van der Waals surface area contributed by atoms with Crippen molar-refractivity contribution in [2.45, 2.75) is 19.5 Å². The molecule has 0 spiro atoms. The Bertz CT molecular complexity index is 765. The number of carbonyl (C=O) groups is 2. The Morgan fingerprint density at radius 3 is 2.10 bits per heavy atom. The summed E-state index contributed by atoms with van der Waals surface area (Å²) in [5, 5.41) is 5.71. The van der Waals surface area contributed by atoms with E-state index in [0.717, 1.165) is 23.2 Å². The van der Waals surface area contributed by atoms with E-state index in [4.69, 9.17) is 5.73 Å². The van der Waals surface area contributed by atoms with Gasteiger partial charge in [-0.2, -0.15) is 0 Å². The molecule has 0 aliphatic carbocycles. The second-order valence-electron chi connectivity index (χ2n) is 6.86. The van der Waals surface area contributed by atoms with E-state index in [9.17, 15) is 9.59 Å². The van der Waals surface area contributed by atoms with Gasteiger partial charge in [-0.05, 0) is 44.3 Å². The lowest BCUT2D eigenvalue weighted by Crippen LogP contribution is -2.33. The smallest absolute Gasteiger partial charge is 0.251 e. The molecule has 0 aliphatic heterocycles. The lowest BCUT2D eigenvalue weighted by atomic mass is 10.1. The minimum Gasteiger partial charge on any atom is -0.351 e. The van der Waals surface area contributed by atoms with Gasteiger partial charge in [-0.3, -0.25) is 9.59 Å². The van der Waals surface area contributed by atoms with Crippen molar-refractivity contribution in [1.82, 2.24) is 15.5 Å². The van der Waals surface area contributed by atoms with Crippen LogP contribution in [0.2, 0.25) is 0 Å². The molecule has 0 saturated heterocycles. The molecule has 4 N–H and O–H groups in total. The van der Waals surface area contributed by atoms with Crippen LogP contribution in [0.4, 0.5) is 0 Å². The molecule has 0 radical (unpaired) electrons. The normalized spacial score (nSPS) is 11.1. The third-order valence-corrected chi connectivity index (χ3v) is 4.25. The lowest BCUT2D eigenvalue weighted by molar-refractivity contribution is -0.122. The maximum Gasteiger partial charge on any atom is 0.251 e. The zero-order chi connectivity index (χ0) is 19.8. The Balaban J connectivity index is 0.00000392. The molecule has 0 aliphatic rings. The van der Waals surface area contributed by atoms with Gasteiger partial charge in [0.1, 0.15) is 6.04 Å². The SMILES string of the molecule is Cc1ccc(C(N)C(=O)NCc2ccc(C(=O)NCCN(C)C)cc2)cc1.Cl.Cl. The summed E-state index contributed by atoms with van der Waals surface area (Å²) in [6.45, 7) is 3.74. The molecule has 6 nitrogen and oxygen atoms in total. The summed E-state index contributed by atoms with van der Waals surface area (Å²) in [5.41, 5.74) is 9.42. The number of carbonyl (C=O) groups excluding carboxylic acids is 2. The van der Waals surface area contributed by atoms with Crippen molar-refractivity contribution in [3.8, 4) is 0 Å². The minimum absolute atomic E-state index is 0. The second-order valence-corrected chi connectivity index (χ2v) is 6.86. The quantitative estimate of drug-likeness (QED) is 0.587. The first-order valence-electron chi connectivity index (χ1n) is 8.98. The zero-order valence-electron chi connectivity index (χ0n) is 17.0. The van der Waals surface area contributed by atoms with Crippen LogP contribution in [-0.4, -0.2) is 43.9 Å². The summed E-state index contributed by atoms with van der Waals surface area (Å²) < 4.78 is 0. The van der Waals surface area contributed by atoms with Crippen LogP contribution < -0.4 is 16.4 Å². The molecule has 160 valence electrons. The molecule has 0 heterocycles. The number of nitrogens with two attached hydrogens (primary N) is 1. The largest absolute Gasteiger partial charge is 0.351 e. The van der Waals surface area contributed by atoms with Gasteiger partial charge >= 0.3 is 0 Å². The van der Waals surface area contributed by atoms with E-state index in [1.165, 1.54) is 0 Å². The van der Waals surface area contributed by atoms with E-state index in [-0.39, 0.29) is 36.6 Å². The number of hydrogen-bond acceptors (Lipinski definition) is 4. The van der Waals surface area contributed by atoms with Crippen molar-refractivity contribution in [3.05, 3.63) is 70.8 Å². The van der Waals surface area contributed by atoms with Gasteiger partial charge in [-0.25, -0.2) is 0 Å². The van der Waals surface area contributed by atoms with Crippen molar-refractivity contribution in [1.29, 1.82) is 0 Å². The van der Waals surface area contributed by atoms with Gasteiger partial charge in [0.2, 0.25) is 5.91 Å². The highest BCUT2D eigenvalue weighted by Crippen LogP contribution is 2.12. The van der Waals surface area contributed by atoms with Gasteiger partial charge in [0.05, 0.1) is 0 Å². The molecular weight excluding hydrogens is 411 g/mol. The van der Waals surface area contributed by atoms with E-state index in [1.807, 2.05) is 62.3 Å². The summed E-state index contributed by atoms with van der Waals surface area (Å²) in [6, 6.07) is 14.1. The summed E-state index contributed by atoms with van der Waals surface area (Å²) in [4.78, 5) is 26.3. The van der Waals surface area contributed by atoms with Crippen molar-refractivity contribution < 1.29 is 9.59 Å². The highest BCUT2D eigenvalue weighted by molar-refractivity contribution is 5.94. The zero-order valence-corrected chi connectivity index (χ0v) is 18.6. The van der Waals surface area contributed by atoms with Gasteiger partial charge in [-0.15, -0.1) is 24.8 Å². The number of rotatable bonds is 8. The Kier molecular flexibility index (Phi) is 12.2. The van der Waals surface area contributed by atoms with E-state index < -0.39 is 6.04 Å². The Labute approximate surface area is 185 Å². The number of halogens is 2. The van der Waals surface area contributed by atoms with E-state index >= 15 is 0 Å². The molecule has 0 fully saturated rings. The van der Waals surface area contributed by atoms with Crippen LogP contribution in [0.3, 0.4) is 0 Å². The van der Waals surface area contributed by atoms with Gasteiger partial charge in [0, 0.05) is 25.2 Å². The van der Waals surface area contributed by atoms with Gasteiger partial charge < -0.3 is 21.3 Å². The Morgan fingerprint density at radius 1 is 0.966 bits per heavy atom. The molecule has 2 rings (SSSR count). The van der Waals surface area contributed by atoms with Crippen LogP contribution in [-0.2, 0) is 11.3 Å². The summed E-state index contributed by atoms with van der Waals surface area (Å²) in [5.74, 6) is -0.335. The molecular formula is C21H30Cl2N4O2. The first-order chi connectivity index (χ1) is 12.9. The van der Waals surface area contributed by atoms with Crippen LogP contribution in [0.15, 0.2) is 48.5 Å². The van der Waals surface area contributed by atoms with Crippen molar-refractivity contribution in [3.63, 3.8) is 0 Å². The van der Waals surface area contributed by atoms with E-state index in [2.05, 4.69) is 10.6 Å². The van der Waals surface area contributed by atoms with Crippen LogP contribution in [0.25, 0.3) is 0 Å². The number of aryl methyl sites for hydroxylation is 1. The number of nitrogens with one attached hydrogen (secondary N) is 2. The molecule has 8 heteroatoms. The first-order valence-corrected chi connectivity index (χ1v) is 8.98. The van der Waals surface area contributed by atoms with Gasteiger partial charge in [-0.1, -0.05) is 42.0 Å². The van der Waals surface area contributed by atoms with Crippen molar-refractivity contribution in [2.24, 2.45) is 5.73 Å². The number of amides is 2. The standard InChI is InChI=1S/C21H28N4O2.2ClH/c1-15-4-8-17(9-5-15)19(22)21(27)24-14-16-6-10-18(11-7-16)20(26)23-12-13-25(2)3;;/h4-11,19H,12-14,22H2,1-3H3,(H,23,26)(H,24,27);2*1H. The topological polar surface area (TPSA) is 87.5 Å². The maximum atomic E-state index is 12.2. The van der Waals surface area contributed by atoms with Gasteiger partial charge in [0.15, 0.2) is 0 Å². The lowest BCUT2D eigenvalue weighted by Gasteiger charge is -2.13. The maximum absolute atomic E-state index is 12.2. The minimum atomic E-state index is -0.702. The average molecular weight is 441 g/mol. The third kappa shape index (κ3) is 8.83. The molecule has 2 amide bonds. The highest BCUT2D eigenvalue weighted by atomic mass is 35.5.